The van der Waals surface area contributed by atoms with Crippen LogP contribution in [0.15, 0.2) is 65.6 Å². The standard InChI is InChI=1S/C32H34F2N4O7S/c1-44-24-4-2-3-22(17-24)35-31(41)37-12-9-32(10-13-37)11-14-45-28-15-20(25-7-6-21(33)16-26(25)34)5-8-29(28)46(42,43)38-19-23(39)18-27(38)30(40)36-32/h2-8,15-17,23,27,39H,9-14,18-19H2,1H3,(H,35,41)(H,36,40)/t23-,27+/m1/s1. The van der Waals surface area contributed by atoms with E-state index in [0.29, 0.717) is 37.4 Å². The van der Waals surface area contributed by atoms with Crippen molar-refractivity contribution >= 4 is 27.6 Å². The molecule has 3 amide bonds. The minimum atomic E-state index is -4.35. The Balaban J connectivity index is 1.27. The van der Waals surface area contributed by atoms with Gasteiger partial charge in [-0.3, -0.25) is 4.79 Å². The first-order chi connectivity index (χ1) is 22.0. The van der Waals surface area contributed by atoms with E-state index < -0.39 is 45.2 Å². The van der Waals surface area contributed by atoms with Gasteiger partial charge in [0.15, 0.2) is 0 Å². The lowest BCUT2D eigenvalue weighted by atomic mass is 9.84. The van der Waals surface area contributed by atoms with Gasteiger partial charge < -0.3 is 30.1 Å². The number of aliphatic hydroxyl groups excluding tert-OH is 1. The van der Waals surface area contributed by atoms with Gasteiger partial charge in [0.05, 0.1) is 19.8 Å². The van der Waals surface area contributed by atoms with Crippen LogP contribution in [0.3, 0.4) is 0 Å². The molecule has 46 heavy (non-hydrogen) atoms. The van der Waals surface area contributed by atoms with Crippen molar-refractivity contribution in [2.45, 2.75) is 48.3 Å². The number of aliphatic hydroxyl groups is 1. The summed E-state index contributed by atoms with van der Waals surface area (Å²) in [7, 11) is -2.81. The molecule has 3 aromatic carbocycles. The topological polar surface area (TPSA) is 138 Å². The third kappa shape index (κ3) is 6.24. The summed E-state index contributed by atoms with van der Waals surface area (Å²) in [4.78, 5) is 28.2. The summed E-state index contributed by atoms with van der Waals surface area (Å²) in [6.07, 6.45) is -0.144. The van der Waals surface area contributed by atoms with Gasteiger partial charge in [0.2, 0.25) is 15.9 Å². The van der Waals surface area contributed by atoms with Crippen LogP contribution in [0.1, 0.15) is 25.7 Å². The fourth-order valence-corrected chi connectivity index (χ4v) is 8.07. The van der Waals surface area contributed by atoms with E-state index in [2.05, 4.69) is 10.6 Å². The summed E-state index contributed by atoms with van der Waals surface area (Å²) in [5.41, 5.74) is 0.0688. The molecule has 6 rings (SSSR count). The van der Waals surface area contributed by atoms with Crippen LogP contribution in [-0.4, -0.2) is 85.7 Å². The lowest BCUT2D eigenvalue weighted by Gasteiger charge is -2.43. The van der Waals surface area contributed by atoms with Crippen LogP contribution in [0.2, 0.25) is 0 Å². The fourth-order valence-electron chi connectivity index (χ4n) is 6.32. The van der Waals surface area contributed by atoms with Gasteiger partial charge in [0, 0.05) is 61.4 Å². The van der Waals surface area contributed by atoms with Gasteiger partial charge >= 0.3 is 6.03 Å². The number of nitrogens with zero attached hydrogens (tertiary/aromatic N) is 2. The van der Waals surface area contributed by atoms with Crippen LogP contribution >= 0.6 is 0 Å². The molecule has 11 nitrogen and oxygen atoms in total. The molecule has 1 spiro atoms. The summed E-state index contributed by atoms with van der Waals surface area (Å²) >= 11 is 0. The van der Waals surface area contributed by atoms with Crippen LogP contribution < -0.4 is 20.1 Å². The van der Waals surface area contributed by atoms with Crippen molar-refractivity contribution in [2.75, 3.05) is 38.7 Å². The highest BCUT2D eigenvalue weighted by atomic mass is 32.2. The number of benzene rings is 3. The van der Waals surface area contributed by atoms with Crippen LogP contribution in [0.5, 0.6) is 11.5 Å². The average Bonchev–Trinajstić information content (AvgIpc) is 3.43. The number of urea groups is 1. The zero-order chi connectivity index (χ0) is 32.6. The zero-order valence-electron chi connectivity index (χ0n) is 25.0. The number of fused-ring (bicyclic) bond motifs is 2. The van der Waals surface area contributed by atoms with E-state index in [1.165, 1.54) is 31.4 Å². The van der Waals surface area contributed by atoms with E-state index in [0.717, 1.165) is 16.4 Å². The number of sulfonamides is 1. The van der Waals surface area contributed by atoms with Crippen LogP contribution in [0.25, 0.3) is 11.1 Å². The van der Waals surface area contributed by atoms with E-state index >= 15 is 0 Å². The minimum Gasteiger partial charge on any atom is -0.497 e. The summed E-state index contributed by atoms with van der Waals surface area (Å²) in [6.45, 7) is 0.312. The number of ether oxygens (including phenoxy) is 2. The molecule has 2 atom stereocenters. The monoisotopic (exact) mass is 656 g/mol. The largest absolute Gasteiger partial charge is 0.497 e. The Morgan fingerprint density at radius 3 is 2.61 bits per heavy atom. The first kappa shape index (κ1) is 31.7. The second-order valence-corrected chi connectivity index (χ2v) is 13.6. The number of rotatable bonds is 3. The Labute approximate surface area is 265 Å². The second kappa shape index (κ2) is 12.5. The first-order valence-electron chi connectivity index (χ1n) is 14.9. The Hall–Kier alpha value is -4.27. The predicted octanol–water partition coefficient (Wildman–Crippen LogP) is 3.73. The lowest BCUT2D eigenvalue weighted by molar-refractivity contribution is -0.127. The van der Waals surface area contributed by atoms with Crippen molar-refractivity contribution in [3.05, 3.63) is 72.3 Å². The number of likely N-dealkylation sites (tertiary alicyclic amines) is 1. The molecule has 14 heteroatoms. The maximum Gasteiger partial charge on any atom is 0.321 e. The number of carbonyl (C=O) groups excluding carboxylic acids is 2. The highest BCUT2D eigenvalue weighted by molar-refractivity contribution is 7.89. The van der Waals surface area contributed by atoms with Crippen molar-refractivity contribution in [3.8, 4) is 22.6 Å². The normalized spacial score (nSPS) is 22.5. The van der Waals surface area contributed by atoms with Gasteiger partial charge in [0.1, 0.15) is 34.1 Å². The number of hydrogen-bond donors (Lipinski definition) is 3. The minimum absolute atomic E-state index is 0.00144. The van der Waals surface area contributed by atoms with Gasteiger partial charge in [0.25, 0.3) is 0 Å². The molecule has 2 fully saturated rings. The molecule has 3 aliphatic rings. The van der Waals surface area contributed by atoms with Gasteiger partial charge in [-0.15, -0.1) is 0 Å². The third-order valence-corrected chi connectivity index (χ3v) is 10.8. The number of halogens is 2. The quantitative estimate of drug-likeness (QED) is 0.391. The van der Waals surface area contributed by atoms with Crippen molar-refractivity contribution in [3.63, 3.8) is 0 Å². The van der Waals surface area contributed by atoms with Crippen molar-refractivity contribution in [1.29, 1.82) is 0 Å². The highest BCUT2D eigenvalue weighted by Gasteiger charge is 2.47. The van der Waals surface area contributed by atoms with E-state index in [9.17, 15) is 31.9 Å². The molecule has 0 unspecified atom stereocenters. The SMILES string of the molecule is COc1cccc(NC(=O)N2CCC3(CCOc4cc(-c5ccc(F)cc5F)ccc4S(=O)(=O)N4C[C@H](O)C[C@H]4C(=O)N3)CC2)c1. The molecule has 3 aliphatic heterocycles. The molecular weight excluding hydrogens is 622 g/mol. The Morgan fingerprint density at radius 2 is 1.87 bits per heavy atom. The number of anilines is 1. The molecule has 3 N–H and O–H groups in total. The summed E-state index contributed by atoms with van der Waals surface area (Å²) in [5.74, 6) is -1.57. The van der Waals surface area contributed by atoms with Crippen LogP contribution in [0, 0.1) is 11.6 Å². The van der Waals surface area contributed by atoms with Gasteiger partial charge in [-0.05, 0) is 54.8 Å². The number of carbonyl (C=O) groups is 2. The Morgan fingerprint density at radius 1 is 1.09 bits per heavy atom. The van der Waals surface area contributed by atoms with E-state index in [-0.39, 0.29) is 53.8 Å². The number of amides is 3. The van der Waals surface area contributed by atoms with Crippen molar-refractivity contribution in [1.82, 2.24) is 14.5 Å². The number of methoxy groups -OCH3 is 1. The van der Waals surface area contributed by atoms with Gasteiger partial charge in [-0.2, -0.15) is 4.31 Å². The maximum absolute atomic E-state index is 14.7. The Kier molecular flexibility index (Phi) is 8.61. The maximum atomic E-state index is 14.7. The molecule has 0 aliphatic carbocycles. The molecule has 0 radical (unpaired) electrons. The Bertz CT molecular complexity index is 1760. The first-order valence-corrected chi connectivity index (χ1v) is 16.4. The molecular formula is C32H34F2N4O7S. The zero-order valence-corrected chi connectivity index (χ0v) is 25.9. The number of nitrogens with one attached hydrogen (secondary N) is 2. The molecule has 244 valence electrons. The van der Waals surface area contributed by atoms with Gasteiger partial charge in [-0.25, -0.2) is 22.0 Å². The second-order valence-electron chi connectivity index (χ2n) is 11.8. The molecule has 3 aromatic rings. The smallest absolute Gasteiger partial charge is 0.321 e. The lowest BCUT2D eigenvalue weighted by Crippen LogP contribution is -2.60. The summed E-state index contributed by atoms with van der Waals surface area (Å²) in [5, 5.41) is 16.4. The number of piperidine rings is 1. The van der Waals surface area contributed by atoms with Crippen molar-refractivity contribution < 1.29 is 41.4 Å². The van der Waals surface area contributed by atoms with E-state index in [4.69, 9.17) is 9.47 Å². The fraction of sp³-hybridized carbons (Fsp3) is 0.375. The van der Waals surface area contributed by atoms with Gasteiger partial charge in [-0.1, -0.05) is 12.1 Å². The molecule has 2 saturated heterocycles. The van der Waals surface area contributed by atoms with Crippen LogP contribution in [0.4, 0.5) is 19.3 Å². The molecule has 3 heterocycles. The van der Waals surface area contributed by atoms with E-state index in [1.807, 2.05) is 0 Å². The van der Waals surface area contributed by atoms with E-state index in [1.54, 1.807) is 29.2 Å². The summed E-state index contributed by atoms with van der Waals surface area (Å²) < 4.78 is 68.4. The summed E-state index contributed by atoms with van der Waals surface area (Å²) in [6, 6.07) is 12.6. The average molecular weight is 657 g/mol. The van der Waals surface area contributed by atoms with Crippen LogP contribution in [-0.2, 0) is 14.8 Å². The highest BCUT2D eigenvalue weighted by Crippen LogP contribution is 2.38. The molecule has 0 aromatic heterocycles. The third-order valence-electron chi connectivity index (χ3n) is 8.86. The predicted molar refractivity (Wildman–Crippen MR) is 164 cm³/mol. The molecule has 0 bridgehead atoms. The molecule has 0 saturated carbocycles. The van der Waals surface area contributed by atoms with Crippen molar-refractivity contribution in [2.24, 2.45) is 0 Å². The number of hydrogen-bond acceptors (Lipinski definition) is 7.